The lowest BCUT2D eigenvalue weighted by Crippen LogP contribution is -2.40. The molecular formula is C19H24ClN3O. The van der Waals surface area contributed by atoms with E-state index in [2.05, 4.69) is 23.4 Å². The zero-order valence-corrected chi connectivity index (χ0v) is 15.3. The van der Waals surface area contributed by atoms with Gasteiger partial charge < -0.3 is 9.47 Å². The van der Waals surface area contributed by atoms with Gasteiger partial charge in [0.1, 0.15) is 5.82 Å². The van der Waals surface area contributed by atoms with E-state index in [0.29, 0.717) is 23.2 Å². The highest BCUT2D eigenvalue weighted by molar-refractivity contribution is 6.34. The van der Waals surface area contributed by atoms with E-state index in [1.54, 1.807) is 0 Å². The number of aryl methyl sites for hydroxylation is 1. The van der Waals surface area contributed by atoms with E-state index in [1.165, 1.54) is 0 Å². The fraction of sp³-hybridized carbons (Fsp3) is 0.474. The smallest absolute Gasteiger partial charge is 0.255 e. The number of halogens is 1. The van der Waals surface area contributed by atoms with Crippen LogP contribution in [-0.4, -0.2) is 33.4 Å². The molecule has 24 heavy (non-hydrogen) atoms. The molecule has 0 unspecified atom stereocenters. The Bertz CT molecular complexity index is 738. The predicted molar refractivity (Wildman–Crippen MR) is 96.7 cm³/mol. The number of benzene rings is 1. The number of rotatable bonds is 3. The van der Waals surface area contributed by atoms with Crippen LogP contribution in [0, 0.1) is 6.92 Å². The maximum absolute atomic E-state index is 12.9. The monoisotopic (exact) mass is 345 g/mol. The van der Waals surface area contributed by atoms with Crippen molar-refractivity contribution in [2.75, 3.05) is 13.1 Å². The highest BCUT2D eigenvalue weighted by Gasteiger charge is 2.29. The maximum Gasteiger partial charge on any atom is 0.255 e. The van der Waals surface area contributed by atoms with Crippen LogP contribution in [0.4, 0.5) is 0 Å². The van der Waals surface area contributed by atoms with Gasteiger partial charge in [-0.15, -0.1) is 0 Å². The van der Waals surface area contributed by atoms with E-state index in [-0.39, 0.29) is 11.8 Å². The lowest BCUT2D eigenvalue weighted by molar-refractivity contribution is 0.0703. The zero-order valence-electron chi connectivity index (χ0n) is 14.5. The summed E-state index contributed by atoms with van der Waals surface area (Å²) in [6.45, 7) is 7.72. The minimum Gasteiger partial charge on any atom is -0.338 e. The summed E-state index contributed by atoms with van der Waals surface area (Å²) in [7, 11) is 0. The Morgan fingerprint density at radius 3 is 2.92 bits per heavy atom. The number of likely N-dealkylation sites (tertiary alicyclic amines) is 1. The van der Waals surface area contributed by atoms with Crippen LogP contribution in [0.1, 0.15) is 60.4 Å². The van der Waals surface area contributed by atoms with E-state index in [4.69, 9.17) is 11.6 Å². The second-order valence-electron chi connectivity index (χ2n) is 6.81. The molecule has 1 aliphatic rings. The third-order valence-electron chi connectivity index (χ3n) is 4.75. The molecule has 1 atom stereocenters. The summed E-state index contributed by atoms with van der Waals surface area (Å²) >= 11 is 6.35. The molecule has 0 aliphatic carbocycles. The van der Waals surface area contributed by atoms with Crippen molar-refractivity contribution in [1.29, 1.82) is 0 Å². The summed E-state index contributed by atoms with van der Waals surface area (Å²) in [5.41, 5.74) is 1.54. The highest BCUT2D eigenvalue weighted by atomic mass is 35.5. The molecule has 0 N–H and O–H groups in total. The fourth-order valence-corrected chi connectivity index (χ4v) is 3.64. The first-order chi connectivity index (χ1) is 11.5. The van der Waals surface area contributed by atoms with Crippen molar-refractivity contribution in [1.82, 2.24) is 14.5 Å². The van der Waals surface area contributed by atoms with Gasteiger partial charge in [0, 0.05) is 37.4 Å². The molecular weight excluding hydrogens is 322 g/mol. The molecule has 1 aromatic heterocycles. The largest absolute Gasteiger partial charge is 0.338 e. The van der Waals surface area contributed by atoms with Crippen LogP contribution in [0.3, 0.4) is 0 Å². The number of carbonyl (C=O) groups excluding carboxylic acids is 1. The van der Waals surface area contributed by atoms with Gasteiger partial charge in [0.05, 0.1) is 10.6 Å². The van der Waals surface area contributed by atoms with Crippen LogP contribution in [0.15, 0.2) is 30.6 Å². The van der Waals surface area contributed by atoms with Gasteiger partial charge in [0.25, 0.3) is 5.91 Å². The summed E-state index contributed by atoms with van der Waals surface area (Å²) in [5.74, 6) is 1.39. The van der Waals surface area contributed by atoms with Crippen LogP contribution in [-0.2, 0) is 0 Å². The first-order valence-corrected chi connectivity index (χ1v) is 8.94. The Kier molecular flexibility index (Phi) is 4.95. The minimum atomic E-state index is 0.0241. The normalized spacial score (nSPS) is 18.2. The van der Waals surface area contributed by atoms with E-state index >= 15 is 0 Å². The molecule has 2 heterocycles. The third-order valence-corrected chi connectivity index (χ3v) is 5.25. The third kappa shape index (κ3) is 3.20. The van der Waals surface area contributed by atoms with Crippen molar-refractivity contribution in [3.63, 3.8) is 0 Å². The summed E-state index contributed by atoms with van der Waals surface area (Å²) in [4.78, 5) is 19.4. The van der Waals surface area contributed by atoms with Crippen LogP contribution >= 0.6 is 11.6 Å². The molecule has 4 nitrogen and oxygen atoms in total. The summed E-state index contributed by atoms with van der Waals surface area (Å²) in [6, 6.07) is 6.01. The Balaban J connectivity index is 1.82. The molecule has 3 rings (SSSR count). The second-order valence-corrected chi connectivity index (χ2v) is 7.19. The standard InChI is InChI=1S/C19H24ClN3O/c1-13(2)23-11-9-21-18(23)15-7-5-10-22(12-15)19(24)16-8-4-6-14(3)17(16)20/h4,6,8-9,11,13,15H,5,7,10,12H2,1-3H3/t15-/m1/s1. The number of imidazole rings is 1. The average molecular weight is 346 g/mol. The van der Waals surface area contributed by atoms with E-state index < -0.39 is 0 Å². The molecule has 1 amide bonds. The number of aromatic nitrogens is 2. The summed E-state index contributed by atoms with van der Waals surface area (Å²) < 4.78 is 2.21. The SMILES string of the molecule is Cc1cccc(C(=O)N2CCC[C@@H](c3nccn3C(C)C)C2)c1Cl. The Morgan fingerprint density at radius 2 is 2.17 bits per heavy atom. The number of hydrogen-bond donors (Lipinski definition) is 0. The molecule has 2 aromatic rings. The predicted octanol–water partition coefficient (Wildman–Crippen LogP) is 4.45. The number of amides is 1. The van der Waals surface area contributed by atoms with Crippen LogP contribution in [0.25, 0.3) is 0 Å². The van der Waals surface area contributed by atoms with Crippen LogP contribution in [0.2, 0.25) is 5.02 Å². The fourth-order valence-electron chi connectivity index (χ4n) is 3.43. The quantitative estimate of drug-likeness (QED) is 0.824. The second kappa shape index (κ2) is 6.98. The summed E-state index contributed by atoms with van der Waals surface area (Å²) in [5, 5.41) is 0.563. The Hall–Kier alpha value is -1.81. The van der Waals surface area contributed by atoms with Crippen molar-refractivity contribution in [2.24, 2.45) is 0 Å². The van der Waals surface area contributed by atoms with Gasteiger partial charge in [-0.3, -0.25) is 4.79 Å². The molecule has 1 fully saturated rings. The van der Waals surface area contributed by atoms with Gasteiger partial charge in [0.2, 0.25) is 0 Å². The molecule has 0 radical (unpaired) electrons. The van der Waals surface area contributed by atoms with Crippen molar-refractivity contribution >= 4 is 17.5 Å². The van der Waals surface area contributed by atoms with Gasteiger partial charge in [-0.1, -0.05) is 23.7 Å². The van der Waals surface area contributed by atoms with E-state index in [1.807, 2.05) is 42.4 Å². The van der Waals surface area contributed by atoms with Gasteiger partial charge in [-0.25, -0.2) is 4.98 Å². The maximum atomic E-state index is 12.9. The Morgan fingerprint density at radius 1 is 1.38 bits per heavy atom. The minimum absolute atomic E-state index is 0.0241. The first-order valence-electron chi connectivity index (χ1n) is 8.56. The first kappa shape index (κ1) is 17.0. The topological polar surface area (TPSA) is 38.1 Å². The van der Waals surface area contributed by atoms with E-state index in [0.717, 1.165) is 30.8 Å². The molecule has 0 saturated carbocycles. The van der Waals surface area contributed by atoms with Gasteiger partial charge >= 0.3 is 0 Å². The molecule has 1 aromatic carbocycles. The van der Waals surface area contributed by atoms with Gasteiger partial charge in [-0.2, -0.15) is 0 Å². The molecule has 0 spiro atoms. The summed E-state index contributed by atoms with van der Waals surface area (Å²) in [6.07, 6.45) is 5.94. The molecule has 1 saturated heterocycles. The van der Waals surface area contributed by atoms with Gasteiger partial charge in [-0.05, 0) is 45.2 Å². The van der Waals surface area contributed by atoms with Crippen molar-refractivity contribution in [2.45, 2.75) is 45.6 Å². The van der Waals surface area contributed by atoms with Crippen molar-refractivity contribution in [3.05, 3.63) is 52.6 Å². The number of hydrogen-bond acceptors (Lipinski definition) is 2. The number of carbonyl (C=O) groups is 1. The highest BCUT2D eigenvalue weighted by Crippen LogP contribution is 2.29. The van der Waals surface area contributed by atoms with Crippen LogP contribution in [0.5, 0.6) is 0 Å². The number of piperidine rings is 1. The van der Waals surface area contributed by atoms with Gasteiger partial charge in [0.15, 0.2) is 0 Å². The zero-order chi connectivity index (χ0) is 17.3. The lowest BCUT2D eigenvalue weighted by atomic mass is 9.96. The number of nitrogens with zero attached hydrogens (tertiary/aromatic N) is 3. The van der Waals surface area contributed by atoms with Crippen molar-refractivity contribution < 1.29 is 4.79 Å². The Labute approximate surface area is 148 Å². The molecule has 128 valence electrons. The van der Waals surface area contributed by atoms with Crippen molar-refractivity contribution in [3.8, 4) is 0 Å². The van der Waals surface area contributed by atoms with Crippen LogP contribution < -0.4 is 0 Å². The lowest BCUT2D eigenvalue weighted by Gasteiger charge is -2.33. The molecule has 0 bridgehead atoms. The molecule has 1 aliphatic heterocycles. The van der Waals surface area contributed by atoms with E-state index in [9.17, 15) is 4.79 Å². The average Bonchev–Trinajstić information content (AvgIpc) is 3.07. The molecule has 5 heteroatoms.